The van der Waals surface area contributed by atoms with E-state index in [9.17, 15) is 30.6 Å². The molecule has 0 aliphatic rings. The number of halogens is 6. The SMILES string of the molecule is O=S(O)(O)(C(F)(F)F)C(F)(F)F. The van der Waals surface area contributed by atoms with Crippen LogP contribution in [0.15, 0.2) is 0 Å². The zero-order valence-corrected chi connectivity index (χ0v) is 5.80. The fourth-order valence-corrected chi connectivity index (χ4v) is 0.394. The van der Waals surface area contributed by atoms with Crippen LogP contribution in [0.1, 0.15) is 0 Å². The molecule has 12 heavy (non-hydrogen) atoms. The Morgan fingerprint density at radius 2 is 1.00 bits per heavy atom. The van der Waals surface area contributed by atoms with Crippen molar-refractivity contribution in [1.29, 1.82) is 0 Å². The highest BCUT2D eigenvalue weighted by Crippen LogP contribution is 2.50. The molecule has 10 heteroatoms. The Morgan fingerprint density at radius 1 is 0.833 bits per heavy atom. The van der Waals surface area contributed by atoms with E-state index < -0.39 is 20.6 Å². The Bertz CT molecular complexity index is 222. The molecule has 0 aromatic heterocycles. The molecule has 0 unspecified atom stereocenters. The molecule has 0 aliphatic carbocycles. The van der Waals surface area contributed by atoms with Crippen molar-refractivity contribution in [3.8, 4) is 0 Å². The monoisotopic (exact) mass is 220 g/mol. The largest absolute Gasteiger partial charge is 0.502 e. The van der Waals surface area contributed by atoms with Crippen LogP contribution >= 0.6 is 0 Å². The van der Waals surface area contributed by atoms with Gasteiger partial charge in [0, 0.05) is 0 Å². The molecular formula is C2H2F6O3S. The molecule has 76 valence electrons. The molecule has 0 fully saturated rings. The first-order chi connectivity index (χ1) is 4.79. The van der Waals surface area contributed by atoms with Gasteiger partial charge in [-0.3, -0.25) is 9.11 Å². The van der Waals surface area contributed by atoms with Crippen LogP contribution in [0.25, 0.3) is 0 Å². The Hall–Kier alpha value is -0.350. The van der Waals surface area contributed by atoms with Crippen molar-refractivity contribution in [1.82, 2.24) is 0 Å². The first kappa shape index (κ1) is 11.6. The highest BCUT2D eigenvalue weighted by molar-refractivity contribution is 8.11. The minimum absolute atomic E-state index is 6.64. The van der Waals surface area contributed by atoms with Gasteiger partial charge in [0.15, 0.2) is 0 Å². The fourth-order valence-electron chi connectivity index (χ4n) is 0.131. The normalized spacial score (nSPS) is 18.5. The third-order valence-electron chi connectivity index (χ3n) is 0.834. The third-order valence-corrected chi connectivity index (χ3v) is 2.50. The standard InChI is InChI=1S/C2H2F6O3S/c3-1(4,5)12(9,10,11)2(6,7)8/h(H2,9,10,11). The molecule has 0 bridgehead atoms. The molecule has 2 N–H and O–H groups in total. The van der Waals surface area contributed by atoms with Crippen molar-refractivity contribution in [3.05, 3.63) is 0 Å². The molecule has 0 aromatic rings. The molecule has 0 radical (unpaired) electrons. The summed E-state index contributed by atoms with van der Waals surface area (Å²) in [6, 6.07) is 0. The summed E-state index contributed by atoms with van der Waals surface area (Å²) < 4.78 is 92.1. The summed E-state index contributed by atoms with van der Waals surface area (Å²) in [5, 5.41) is 0. The smallest absolute Gasteiger partial charge is 0.295 e. The van der Waals surface area contributed by atoms with Crippen LogP contribution in [0.4, 0.5) is 26.3 Å². The zero-order valence-electron chi connectivity index (χ0n) is 4.98. The maximum Gasteiger partial charge on any atom is 0.502 e. The summed E-state index contributed by atoms with van der Waals surface area (Å²) in [7, 11) is -8.57. The summed E-state index contributed by atoms with van der Waals surface area (Å²) in [5.41, 5.74) is -13.3. The van der Waals surface area contributed by atoms with Gasteiger partial charge < -0.3 is 0 Å². The van der Waals surface area contributed by atoms with E-state index >= 15 is 0 Å². The van der Waals surface area contributed by atoms with Gasteiger partial charge in [-0.1, -0.05) is 0 Å². The van der Waals surface area contributed by atoms with E-state index in [0.29, 0.717) is 0 Å². The predicted octanol–water partition coefficient (Wildman–Crippen LogP) is 1.79. The zero-order chi connectivity index (χ0) is 10.4. The van der Waals surface area contributed by atoms with Crippen LogP contribution in [0, 0.1) is 0 Å². The second-order valence-corrected chi connectivity index (χ2v) is 4.41. The second kappa shape index (κ2) is 2.12. The first-order valence-electron chi connectivity index (χ1n) is 2.07. The van der Waals surface area contributed by atoms with E-state index in [1.165, 1.54) is 0 Å². The number of hydrogen-bond donors (Lipinski definition) is 2. The van der Waals surface area contributed by atoms with E-state index in [1.807, 2.05) is 0 Å². The van der Waals surface area contributed by atoms with E-state index in [1.54, 1.807) is 0 Å². The molecule has 3 nitrogen and oxygen atoms in total. The second-order valence-electron chi connectivity index (χ2n) is 1.76. The van der Waals surface area contributed by atoms with E-state index in [-0.39, 0.29) is 0 Å². The first-order valence-corrected chi connectivity index (χ1v) is 3.95. The van der Waals surface area contributed by atoms with Gasteiger partial charge in [0.2, 0.25) is 0 Å². The lowest BCUT2D eigenvalue weighted by Crippen LogP contribution is -2.57. The van der Waals surface area contributed by atoms with Crippen LogP contribution in [-0.2, 0) is 9.63 Å². The van der Waals surface area contributed by atoms with Crippen LogP contribution in [0.2, 0.25) is 0 Å². The summed E-state index contributed by atoms with van der Waals surface area (Å²) in [6.07, 6.45) is 0. The number of alkyl halides is 6. The molecule has 0 saturated heterocycles. The van der Waals surface area contributed by atoms with Gasteiger partial charge in [-0.25, -0.2) is 4.21 Å². The van der Waals surface area contributed by atoms with Gasteiger partial charge in [0.05, 0.1) is 0 Å². The molecule has 0 atom stereocenters. The van der Waals surface area contributed by atoms with Gasteiger partial charge in [0.1, 0.15) is 0 Å². The highest BCUT2D eigenvalue weighted by atomic mass is 32.3. The predicted molar refractivity (Wildman–Crippen MR) is 25.5 cm³/mol. The molecule has 0 aliphatic heterocycles. The van der Waals surface area contributed by atoms with Gasteiger partial charge in [-0.2, -0.15) is 26.3 Å². The van der Waals surface area contributed by atoms with Crippen molar-refractivity contribution in [2.45, 2.75) is 11.0 Å². The van der Waals surface area contributed by atoms with Gasteiger partial charge >= 0.3 is 11.0 Å². The van der Waals surface area contributed by atoms with Crippen molar-refractivity contribution < 1.29 is 39.7 Å². The minimum Gasteiger partial charge on any atom is -0.295 e. The van der Waals surface area contributed by atoms with Crippen LogP contribution in [0.3, 0.4) is 0 Å². The van der Waals surface area contributed by atoms with E-state index in [4.69, 9.17) is 9.11 Å². The lowest BCUT2D eigenvalue weighted by molar-refractivity contribution is -0.121. The average molecular weight is 220 g/mol. The van der Waals surface area contributed by atoms with Crippen molar-refractivity contribution in [2.24, 2.45) is 0 Å². The lowest BCUT2D eigenvalue weighted by atomic mass is 11.5. The topological polar surface area (TPSA) is 57.5 Å². The Labute approximate surface area is 61.4 Å². The molecular weight excluding hydrogens is 218 g/mol. The molecule has 0 heterocycles. The van der Waals surface area contributed by atoms with Crippen molar-refractivity contribution in [3.63, 3.8) is 0 Å². The van der Waals surface area contributed by atoms with Crippen LogP contribution < -0.4 is 0 Å². The number of hydrogen-bond acceptors (Lipinski definition) is 1. The minimum atomic E-state index is -8.57. The molecule has 0 saturated carbocycles. The van der Waals surface area contributed by atoms with E-state index in [0.717, 1.165) is 0 Å². The maximum atomic E-state index is 11.2. The Kier molecular flexibility index (Phi) is 2.05. The third kappa shape index (κ3) is 1.29. The summed E-state index contributed by atoms with van der Waals surface area (Å²) >= 11 is 0. The Morgan fingerprint density at radius 3 is 1.00 bits per heavy atom. The van der Waals surface area contributed by atoms with Crippen LogP contribution in [-0.4, -0.2) is 24.3 Å². The van der Waals surface area contributed by atoms with E-state index in [2.05, 4.69) is 0 Å². The van der Waals surface area contributed by atoms with Crippen molar-refractivity contribution in [2.75, 3.05) is 0 Å². The summed E-state index contributed by atoms with van der Waals surface area (Å²) in [5.74, 6) is 0. The molecule has 0 aromatic carbocycles. The summed E-state index contributed by atoms with van der Waals surface area (Å²) in [4.78, 5) is 0. The van der Waals surface area contributed by atoms with Gasteiger partial charge in [-0.05, 0) is 0 Å². The van der Waals surface area contributed by atoms with Crippen molar-refractivity contribution >= 4 is 9.63 Å². The van der Waals surface area contributed by atoms with Crippen LogP contribution in [0.5, 0.6) is 0 Å². The fraction of sp³-hybridized carbons (Fsp3) is 1.00. The maximum absolute atomic E-state index is 11.2. The van der Waals surface area contributed by atoms with Gasteiger partial charge in [-0.15, -0.1) is 0 Å². The quantitative estimate of drug-likeness (QED) is 0.612. The Balaban J connectivity index is 5.47. The van der Waals surface area contributed by atoms with Gasteiger partial charge in [0.25, 0.3) is 9.63 Å². The highest BCUT2D eigenvalue weighted by Gasteiger charge is 2.75. The molecule has 0 spiro atoms. The molecule has 0 rings (SSSR count). The average Bonchev–Trinajstić information content (AvgIpc) is 1.55. The summed E-state index contributed by atoms with van der Waals surface area (Å²) in [6.45, 7) is 0. The lowest BCUT2D eigenvalue weighted by Gasteiger charge is -2.33. The molecule has 0 amide bonds. The number of rotatable bonds is 0.